The van der Waals surface area contributed by atoms with E-state index in [1.807, 2.05) is 24.3 Å². The van der Waals surface area contributed by atoms with Gasteiger partial charge in [-0.15, -0.1) is 0 Å². The molecule has 5 N–H and O–H groups in total. The van der Waals surface area contributed by atoms with Crippen molar-refractivity contribution in [2.45, 2.75) is 105 Å². The lowest BCUT2D eigenvalue weighted by Gasteiger charge is -2.27. The van der Waals surface area contributed by atoms with E-state index >= 15 is 0 Å². The van der Waals surface area contributed by atoms with Gasteiger partial charge < -0.3 is 21.2 Å². The van der Waals surface area contributed by atoms with Crippen LogP contribution in [-0.2, 0) is 12.8 Å². The summed E-state index contributed by atoms with van der Waals surface area (Å²) in [6, 6.07) is 10.2. The minimum atomic E-state index is 0.0771. The smallest absolute Gasteiger partial charge is 0.233 e. The Morgan fingerprint density at radius 1 is 0.810 bits per heavy atom. The lowest BCUT2D eigenvalue weighted by molar-refractivity contribution is 0.536. The minimum absolute atomic E-state index is 0.0771. The maximum atomic E-state index is 6.46. The SMILES string of the molecule is CCCCCC(CC)c1cc(Nc2nc(N)nc(N)n2)c(-c2nc3ccccc3o2)c(CCC(C)C)c1CCC(C)C. The van der Waals surface area contributed by atoms with Crippen LogP contribution in [0.25, 0.3) is 22.6 Å². The second-order valence-electron chi connectivity index (χ2n) is 12.3. The molecule has 2 heterocycles. The molecule has 2 aromatic heterocycles. The summed E-state index contributed by atoms with van der Waals surface area (Å²) < 4.78 is 6.46. The number of hydrogen-bond donors (Lipinski definition) is 3. The van der Waals surface area contributed by atoms with Crippen molar-refractivity contribution in [1.82, 2.24) is 19.9 Å². The molecule has 0 radical (unpaired) electrons. The van der Waals surface area contributed by atoms with Gasteiger partial charge in [0.25, 0.3) is 0 Å². The summed E-state index contributed by atoms with van der Waals surface area (Å²) >= 11 is 0. The van der Waals surface area contributed by atoms with Gasteiger partial charge in [0.15, 0.2) is 5.58 Å². The monoisotopic (exact) mass is 571 g/mol. The molecule has 226 valence electrons. The normalized spacial score (nSPS) is 12.5. The van der Waals surface area contributed by atoms with Crippen LogP contribution in [0.4, 0.5) is 23.5 Å². The van der Waals surface area contributed by atoms with Crippen molar-refractivity contribution in [2.75, 3.05) is 16.8 Å². The highest BCUT2D eigenvalue weighted by Crippen LogP contribution is 2.43. The Morgan fingerprint density at radius 3 is 2.10 bits per heavy atom. The molecule has 4 aromatic rings. The Kier molecular flexibility index (Phi) is 10.8. The highest BCUT2D eigenvalue weighted by atomic mass is 16.3. The Morgan fingerprint density at radius 2 is 1.48 bits per heavy atom. The molecule has 0 saturated carbocycles. The third kappa shape index (κ3) is 7.78. The van der Waals surface area contributed by atoms with Crippen LogP contribution in [0.5, 0.6) is 0 Å². The van der Waals surface area contributed by atoms with Gasteiger partial charge in [-0.2, -0.15) is 15.0 Å². The second-order valence-corrected chi connectivity index (χ2v) is 12.3. The Labute approximate surface area is 251 Å². The van der Waals surface area contributed by atoms with Crippen LogP contribution in [0.2, 0.25) is 0 Å². The molecule has 1 atom stereocenters. The molecule has 0 aliphatic carbocycles. The summed E-state index contributed by atoms with van der Waals surface area (Å²) in [6.07, 6.45) is 10.0. The van der Waals surface area contributed by atoms with Gasteiger partial charge in [-0.25, -0.2) is 4.98 Å². The first kappa shape index (κ1) is 31.3. The Balaban J connectivity index is 2.02. The number of para-hydroxylation sites is 2. The van der Waals surface area contributed by atoms with Gasteiger partial charge in [-0.3, -0.25) is 0 Å². The number of benzene rings is 2. The van der Waals surface area contributed by atoms with Crippen LogP contribution < -0.4 is 16.8 Å². The topological polar surface area (TPSA) is 129 Å². The summed E-state index contributed by atoms with van der Waals surface area (Å²) in [6.45, 7) is 13.8. The zero-order valence-electron chi connectivity index (χ0n) is 26.3. The number of nitrogens with one attached hydrogen (secondary N) is 1. The number of anilines is 4. The number of nitrogens with zero attached hydrogens (tertiary/aromatic N) is 4. The van der Waals surface area contributed by atoms with Gasteiger partial charge in [-0.05, 0) is 91.2 Å². The van der Waals surface area contributed by atoms with E-state index in [1.165, 1.54) is 36.0 Å². The second kappa shape index (κ2) is 14.5. The molecular weight excluding hydrogens is 522 g/mol. The third-order valence-electron chi connectivity index (χ3n) is 8.04. The predicted molar refractivity (Wildman–Crippen MR) is 175 cm³/mol. The van der Waals surface area contributed by atoms with E-state index < -0.39 is 0 Å². The number of nitrogens with two attached hydrogens (primary N) is 2. The van der Waals surface area contributed by atoms with Crippen LogP contribution in [0, 0.1) is 11.8 Å². The molecule has 42 heavy (non-hydrogen) atoms. The number of unbranched alkanes of at least 4 members (excludes halogenated alkanes) is 2. The summed E-state index contributed by atoms with van der Waals surface area (Å²) in [7, 11) is 0. The average molecular weight is 572 g/mol. The molecule has 8 heteroatoms. The van der Waals surface area contributed by atoms with Gasteiger partial charge in [0.1, 0.15) is 5.52 Å². The van der Waals surface area contributed by atoms with Crippen LogP contribution >= 0.6 is 0 Å². The first-order chi connectivity index (χ1) is 20.2. The largest absolute Gasteiger partial charge is 0.436 e. The number of fused-ring (bicyclic) bond motifs is 1. The predicted octanol–water partition coefficient (Wildman–Crippen LogP) is 8.84. The van der Waals surface area contributed by atoms with Crippen molar-refractivity contribution in [1.29, 1.82) is 0 Å². The lowest BCUT2D eigenvalue weighted by Crippen LogP contribution is -2.13. The van der Waals surface area contributed by atoms with Crippen LogP contribution in [0.1, 0.15) is 109 Å². The molecule has 0 saturated heterocycles. The van der Waals surface area contributed by atoms with Crippen molar-refractivity contribution in [3.05, 3.63) is 47.0 Å². The maximum absolute atomic E-state index is 6.46. The molecule has 0 bridgehead atoms. The number of oxazole rings is 1. The van der Waals surface area contributed by atoms with Gasteiger partial charge in [0.05, 0.1) is 11.3 Å². The van der Waals surface area contributed by atoms with Crippen molar-refractivity contribution < 1.29 is 4.42 Å². The standard InChI is InChI=1S/C34H49N7O/c1-7-9-10-13-23(8-2)26-20-28(38-34-40-32(35)39-33(36)41-34)30(31-37-27-14-11-12-15-29(27)42-31)25(19-17-22(5)6)24(26)18-16-21(3)4/h11-12,14-15,20-23H,7-10,13,16-19H2,1-6H3,(H5,35,36,38,39,40,41). The molecular formula is C34H49N7O. The van der Waals surface area contributed by atoms with E-state index in [0.717, 1.165) is 60.9 Å². The fraction of sp³-hybridized carbons (Fsp3) is 0.529. The number of hydrogen-bond acceptors (Lipinski definition) is 8. The van der Waals surface area contributed by atoms with E-state index in [4.69, 9.17) is 20.9 Å². The molecule has 0 fully saturated rings. The summed E-state index contributed by atoms with van der Waals surface area (Å²) in [5.74, 6) is 2.66. The van der Waals surface area contributed by atoms with Crippen molar-refractivity contribution in [2.24, 2.45) is 11.8 Å². The molecule has 2 aromatic carbocycles. The van der Waals surface area contributed by atoms with Crippen LogP contribution in [-0.4, -0.2) is 19.9 Å². The fourth-order valence-electron chi connectivity index (χ4n) is 5.73. The molecule has 0 aliphatic rings. The lowest BCUT2D eigenvalue weighted by atomic mass is 9.80. The molecule has 1 unspecified atom stereocenters. The summed E-state index contributed by atoms with van der Waals surface area (Å²) in [5, 5.41) is 3.48. The molecule has 8 nitrogen and oxygen atoms in total. The highest BCUT2D eigenvalue weighted by Gasteiger charge is 2.26. The maximum Gasteiger partial charge on any atom is 0.233 e. The van der Waals surface area contributed by atoms with E-state index in [-0.39, 0.29) is 11.9 Å². The number of aromatic nitrogens is 4. The van der Waals surface area contributed by atoms with Crippen molar-refractivity contribution in [3.8, 4) is 11.5 Å². The summed E-state index contributed by atoms with van der Waals surface area (Å²) in [4.78, 5) is 17.7. The van der Waals surface area contributed by atoms with Gasteiger partial charge in [-0.1, -0.05) is 72.9 Å². The molecule has 0 aliphatic heterocycles. The van der Waals surface area contributed by atoms with Gasteiger partial charge in [0.2, 0.25) is 23.7 Å². The third-order valence-corrected chi connectivity index (χ3v) is 8.04. The first-order valence-electron chi connectivity index (χ1n) is 15.8. The van der Waals surface area contributed by atoms with Crippen LogP contribution in [0.3, 0.4) is 0 Å². The van der Waals surface area contributed by atoms with Gasteiger partial charge >= 0.3 is 0 Å². The molecule has 0 amide bonds. The quantitative estimate of drug-likeness (QED) is 0.121. The highest BCUT2D eigenvalue weighted by molar-refractivity contribution is 5.85. The van der Waals surface area contributed by atoms with Crippen molar-refractivity contribution >= 4 is 34.6 Å². The Bertz CT molecular complexity index is 1410. The van der Waals surface area contributed by atoms with E-state index in [1.54, 1.807) is 0 Å². The van der Waals surface area contributed by atoms with E-state index in [2.05, 4.69) is 67.9 Å². The fourth-order valence-corrected chi connectivity index (χ4v) is 5.73. The molecule has 4 rings (SSSR count). The van der Waals surface area contributed by atoms with Crippen molar-refractivity contribution in [3.63, 3.8) is 0 Å². The zero-order valence-corrected chi connectivity index (χ0v) is 26.3. The van der Waals surface area contributed by atoms with Gasteiger partial charge in [0, 0.05) is 0 Å². The average Bonchev–Trinajstić information content (AvgIpc) is 3.36. The van der Waals surface area contributed by atoms with E-state index in [0.29, 0.717) is 29.6 Å². The number of nitrogen functional groups attached to an aromatic ring is 2. The summed E-state index contributed by atoms with van der Waals surface area (Å²) in [5.41, 5.74) is 19.5. The van der Waals surface area contributed by atoms with Crippen LogP contribution in [0.15, 0.2) is 34.7 Å². The first-order valence-corrected chi connectivity index (χ1v) is 15.8. The molecule has 0 spiro atoms. The van der Waals surface area contributed by atoms with E-state index in [9.17, 15) is 0 Å². The minimum Gasteiger partial charge on any atom is -0.436 e. The Hall–Kier alpha value is -3.68. The zero-order chi connectivity index (χ0) is 30.2. The number of rotatable bonds is 15.